The van der Waals surface area contributed by atoms with Crippen LogP contribution in [0.3, 0.4) is 0 Å². The van der Waals surface area contributed by atoms with Crippen molar-refractivity contribution in [2.75, 3.05) is 19.0 Å². The van der Waals surface area contributed by atoms with Crippen molar-refractivity contribution in [2.45, 2.75) is 25.8 Å². The van der Waals surface area contributed by atoms with E-state index in [0.717, 1.165) is 0 Å². The summed E-state index contributed by atoms with van der Waals surface area (Å²) >= 11 is 0. The standard InChI is InChI=1S/C13H20N2O3/c1-13(2,8-9-16)15-12(17)14-10-6-4-5-7-11(10)18-3/h4-7,16H,8-9H2,1-3H3,(H2,14,15,17). The number of aliphatic hydroxyl groups excluding tert-OH is 1. The van der Waals surface area contributed by atoms with Gasteiger partial charge in [0.15, 0.2) is 0 Å². The van der Waals surface area contributed by atoms with Gasteiger partial charge in [0, 0.05) is 12.1 Å². The molecule has 5 nitrogen and oxygen atoms in total. The maximum atomic E-state index is 11.8. The molecule has 0 unspecified atom stereocenters. The molecular formula is C13H20N2O3. The van der Waals surface area contributed by atoms with Gasteiger partial charge in [0.25, 0.3) is 0 Å². The second-order valence-electron chi connectivity index (χ2n) is 4.64. The van der Waals surface area contributed by atoms with Crippen molar-refractivity contribution in [3.8, 4) is 5.75 Å². The Morgan fingerprint density at radius 2 is 2.06 bits per heavy atom. The van der Waals surface area contributed by atoms with E-state index in [9.17, 15) is 4.79 Å². The Morgan fingerprint density at radius 3 is 2.67 bits per heavy atom. The van der Waals surface area contributed by atoms with Gasteiger partial charge in [0.2, 0.25) is 0 Å². The molecule has 0 saturated carbocycles. The molecule has 5 heteroatoms. The van der Waals surface area contributed by atoms with Crippen molar-refractivity contribution in [2.24, 2.45) is 0 Å². The summed E-state index contributed by atoms with van der Waals surface area (Å²) in [6, 6.07) is 6.86. The second-order valence-corrected chi connectivity index (χ2v) is 4.64. The van der Waals surface area contributed by atoms with Crippen molar-refractivity contribution in [1.82, 2.24) is 5.32 Å². The van der Waals surface area contributed by atoms with Crippen LogP contribution in [0.1, 0.15) is 20.3 Å². The molecule has 0 radical (unpaired) electrons. The maximum Gasteiger partial charge on any atom is 0.319 e. The quantitative estimate of drug-likeness (QED) is 0.750. The zero-order chi connectivity index (χ0) is 13.6. The van der Waals surface area contributed by atoms with Gasteiger partial charge in [-0.1, -0.05) is 12.1 Å². The molecule has 0 spiro atoms. The van der Waals surface area contributed by atoms with Crippen LogP contribution in [0.5, 0.6) is 5.75 Å². The van der Waals surface area contributed by atoms with Gasteiger partial charge in [-0.3, -0.25) is 0 Å². The van der Waals surface area contributed by atoms with Gasteiger partial charge in [-0.15, -0.1) is 0 Å². The van der Waals surface area contributed by atoms with E-state index in [1.807, 2.05) is 26.0 Å². The molecular weight excluding hydrogens is 232 g/mol. The second kappa shape index (κ2) is 6.26. The van der Waals surface area contributed by atoms with Crippen LogP contribution < -0.4 is 15.4 Å². The Morgan fingerprint density at radius 1 is 1.39 bits per heavy atom. The van der Waals surface area contributed by atoms with Gasteiger partial charge in [-0.05, 0) is 32.4 Å². The number of urea groups is 1. The van der Waals surface area contributed by atoms with Crippen LogP contribution in [-0.2, 0) is 0 Å². The Bertz CT molecular complexity index is 405. The Balaban J connectivity index is 2.65. The lowest BCUT2D eigenvalue weighted by Crippen LogP contribution is -2.46. The number of hydrogen-bond acceptors (Lipinski definition) is 3. The summed E-state index contributed by atoms with van der Waals surface area (Å²) in [5.41, 5.74) is 0.151. The molecule has 0 bridgehead atoms. The number of methoxy groups -OCH3 is 1. The predicted octanol–water partition coefficient (Wildman–Crippen LogP) is 1.98. The van der Waals surface area contributed by atoms with E-state index >= 15 is 0 Å². The molecule has 0 aliphatic carbocycles. The van der Waals surface area contributed by atoms with Crippen molar-refractivity contribution in [3.05, 3.63) is 24.3 Å². The zero-order valence-corrected chi connectivity index (χ0v) is 11.0. The number of anilines is 1. The minimum Gasteiger partial charge on any atom is -0.495 e. The van der Waals surface area contributed by atoms with Gasteiger partial charge in [-0.2, -0.15) is 0 Å². The molecule has 1 aromatic carbocycles. The van der Waals surface area contributed by atoms with E-state index in [4.69, 9.17) is 9.84 Å². The number of benzene rings is 1. The highest BCUT2D eigenvalue weighted by Gasteiger charge is 2.20. The SMILES string of the molecule is COc1ccccc1NC(=O)NC(C)(C)CCO. The molecule has 100 valence electrons. The monoisotopic (exact) mass is 252 g/mol. The first-order valence-electron chi connectivity index (χ1n) is 5.81. The fourth-order valence-corrected chi connectivity index (χ4v) is 1.55. The number of hydrogen-bond donors (Lipinski definition) is 3. The summed E-state index contributed by atoms with van der Waals surface area (Å²) in [5, 5.41) is 14.4. The molecule has 0 heterocycles. The fourth-order valence-electron chi connectivity index (χ4n) is 1.55. The van der Waals surface area contributed by atoms with E-state index in [1.165, 1.54) is 0 Å². The lowest BCUT2D eigenvalue weighted by atomic mass is 10.0. The molecule has 0 aromatic heterocycles. The summed E-state index contributed by atoms with van der Waals surface area (Å²) in [6.07, 6.45) is 0.492. The van der Waals surface area contributed by atoms with Gasteiger partial charge >= 0.3 is 6.03 Å². The predicted molar refractivity (Wildman–Crippen MR) is 70.9 cm³/mol. The number of aliphatic hydroxyl groups is 1. The van der Waals surface area contributed by atoms with Gasteiger partial charge in [0.1, 0.15) is 5.75 Å². The zero-order valence-electron chi connectivity index (χ0n) is 11.0. The fraction of sp³-hybridized carbons (Fsp3) is 0.462. The largest absolute Gasteiger partial charge is 0.495 e. The number of ether oxygens (including phenoxy) is 1. The van der Waals surface area contributed by atoms with E-state index in [1.54, 1.807) is 19.2 Å². The third-order valence-corrected chi connectivity index (χ3v) is 2.54. The number of rotatable bonds is 5. The Hall–Kier alpha value is -1.75. The third-order valence-electron chi connectivity index (χ3n) is 2.54. The number of nitrogens with one attached hydrogen (secondary N) is 2. The maximum absolute atomic E-state index is 11.8. The Kier molecular flexibility index (Phi) is 4.97. The lowest BCUT2D eigenvalue weighted by molar-refractivity contribution is 0.218. The first kappa shape index (κ1) is 14.3. The van der Waals surface area contributed by atoms with Crippen molar-refractivity contribution >= 4 is 11.7 Å². The average Bonchev–Trinajstić information content (AvgIpc) is 2.28. The highest BCUT2D eigenvalue weighted by atomic mass is 16.5. The molecule has 3 N–H and O–H groups in total. The molecule has 2 amide bonds. The first-order chi connectivity index (χ1) is 8.48. The molecule has 0 aliphatic rings. The normalized spacial score (nSPS) is 10.9. The van der Waals surface area contributed by atoms with Gasteiger partial charge < -0.3 is 20.5 Å². The summed E-state index contributed by atoms with van der Waals surface area (Å²) < 4.78 is 5.14. The van der Waals surface area contributed by atoms with Crippen molar-refractivity contribution in [1.29, 1.82) is 0 Å². The molecule has 0 fully saturated rings. The minimum atomic E-state index is -0.457. The Labute approximate surface area is 107 Å². The van der Waals surface area contributed by atoms with Crippen molar-refractivity contribution < 1.29 is 14.6 Å². The van der Waals surface area contributed by atoms with Crippen LogP contribution in [0.15, 0.2) is 24.3 Å². The van der Waals surface area contributed by atoms with Crippen LogP contribution >= 0.6 is 0 Å². The molecule has 0 aliphatic heterocycles. The van der Waals surface area contributed by atoms with E-state index in [2.05, 4.69) is 10.6 Å². The average molecular weight is 252 g/mol. The summed E-state index contributed by atoms with van der Waals surface area (Å²) in [6.45, 7) is 3.73. The smallest absolute Gasteiger partial charge is 0.319 e. The lowest BCUT2D eigenvalue weighted by Gasteiger charge is -2.25. The highest BCUT2D eigenvalue weighted by molar-refractivity contribution is 5.91. The van der Waals surface area contributed by atoms with E-state index in [-0.39, 0.29) is 12.6 Å². The van der Waals surface area contributed by atoms with Crippen LogP contribution in [-0.4, -0.2) is 30.4 Å². The van der Waals surface area contributed by atoms with Crippen LogP contribution in [0.2, 0.25) is 0 Å². The van der Waals surface area contributed by atoms with Gasteiger partial charge in [0.05, 0.1) is 12.8 Å². The van der Waals surface area contributed by atoms with E-state index in [0.29, 0.717) is 17.9 Å². The number of para-hydroxylation sites is 2. The number of carbonyl (C=O) groups is 1. The highest BCUT2D eigenvalue weighted by Crippen LogP contribution is 2.23. The summed E-state index contributed by atoms with van der Waals surface area (Å²) in [4.78, 5) is 11.8. The number of carbonyl (C=O) groups excluding carboxylic acids is 1. The van der Waals surface area contributed by atoms with Crippen LogP contribution in [0.4, 0.5) is 10.5 Å². The third kappa shape index (κ3) is 4.25. The van der Waals surface area contributed by atoms with Crippen LogP contribution in [0.25, 0.3) is 0 Å². The summed E-state index contributed by atoms with van der Waals surface area (Å²) in [5.74, 6) is 0.604. The van der Waals surface area contributed by atoms with Gasteiger partial charge in [-0.25, -0.2) is 4.79 Å². The number of amides is 2. The molecule has 18 heavy (non-hydrogen) atoms. The molecule has 1 aromatic rings. The van der Waals surface area contributed by atoms with Crippen molar-refractivity contribution in [3.63, 3.8) is 0 Å². The molecule has 0 saturated heterocycles. The molecule has 0 atom stereocenters. The minimum absolute atomic E-state index is 0.0297. The van der Waals surface area contributed by atoms with Crippen LogP contribution in [0, 0.1) is 0 Å². The topological polar surface area (TPSA) is 70.6 Å². The molecule has 1 rings (SSSR count). The summed E-state index contributed by atoms with van der Waals surface area (Å²) in [7, 11) is 1.55. The first-order valence-corrected chi connectivity index (χ1v) is 5.81. The van der Waals surface area contributed by atoms with E-state index < -0.39 is 5.54 Å².